The SMILES string of the molecule is CCCN(CCCNC(=O)OC1CCC1)C(O)C1=Cc2sc(C#CC3CCN(C(=O)CCOCCOCCOCCOCCOCCOCCOCCOCCOCCOCCOCCC(=O)Oc4c(F)c(F)cc(F)c4F)CC3)cc2N=C(N)C1. The number of thiophene rings is 1. The molecule has 3 aliphatic rings. The molecule has 22 nitrogen and oxygen atoms in total. The molecule has 2 aliphatic heterocycles. The maximum Gasteiger partial charge on any atom is 0.407 e. The van der Waals surface area contributed by atoms with E-state index in [-0.39, 0.29) is 56.5 Å². The number of aliphatic hydroxyl groups excluding tert-OH is 1. The van der Waals surface area contributed by atoms with Gasteiger partial charge in [-0.05, 0) is 62.7 Å². The van der Waals surface area contributed by atoms with E-state index in [1.54, 1.807) is 0 Å². The molecule has 1 saturated carbocycles. The minimum atomic E-state index is -1.80. The van der Waals surface area contributed by atoms with Crippen LogP contribution in [0.4, 0.5) is 28.0 Å². The van der Waals surface area contributed by atoms with Crippen LogP contribution in [-0.4, -0.2) is 229 Å². The fourth-order valence-corrected chi connectivity index (χ4v) is 9.43. The summed E-state index contributed by atoms with van der Waals surface area (Å²) in [6.07, 6.45) is 7.10. The molecule has 1 aromatic heterocycles. The maximum absolute atomic E-state index is 13.6. The van der Waals surface area contributed by atoms with Gasteiger partial charge in [0, 0.05) is 51.1 Å². The number of nitrogens with two attached hydrogens (primary N) is 1. The first-order valence-corrected chi connectivity index (χ1v) is 30.5. The molecule has 4 N–H and O–H groups in total. The summed E-state index contributed by atoms with van der Waals surface area (Å²) in [7, 11) is 0. The van der Waals surface area contributed by atoms with E-state index in [1.807, 2.05) is 21.9 Å². The number of esters is 1. The molecule has 0 radical (unpaired) electrons. The fourth-order valence-electron chi connectivity index (χ4n) is 8.50. The second-order valence-corrected chi connectivity index (χ2v) is 21.0. The highest BCUT2D eigenvalue weighted by molar-refractivity contribution is 7.14. The zero-order valence-corrected chi connectivity index (χ0v) is 50.3. The summed E-state index contributed by atoms with van der Waals surface area (Å²) in [6, 6.07) is 1.96. The van der Waals surface area contributed by atoms with E-state index in [0.717, 1.165) is 59.5 Å². The number of nitrogens with zero attached hydrogens (tertiary/aromatic N) is 3. The van der Waals surface area contributed by atoms with Gasteiger partial charge in [-0.25, -0.2) is 18.6 Å². The van der Waals surface area contributed by atoms with Gasteiger partial charge in [0.05, 0.1) is 174 Å². The average molecular weight is 1250 g/mol. The van der Waals surface area contributed by atoms with Crippen molar-refractivity contribution in [2.45, 2.75) is 83.5 Å². The standard InChI is InChI=1S/C59H87F4N5O17S/c1-2-14-68(15-4-13-65-59(72)84-46-5-3-6-46)58(71)45-40-51-50(66-52(64)41-45)42-47(86-51)8-7-44-9-16-67(17-10-44)53(69)11-18-73-20-22-75-24-26-77-28-30-79-32-34-81-36-38-83-39-37-82-35-33-80-31-29-78-27-25-76-23-21-74-19-12-54(70)85-57-55(62)48(60)43-49(61)56(57)63/h40,42-44,46,58,71H,2-6,9-39,41H2,1H3,(H2,64,66)(H,65,72). The molecule has 0 bridgehead atoms. The van der Waals surface area contributed by atoms with Crippen LogP contribution in [0, 0.1) is 41.0 Å². The lowest BCUT2D eigenvalue weighted by Gasteiger charge is -2.29. The molecule has 0 spiro atoms. The molecule has 1 atom stereocenters. The monoisotopic (exact) mass is 1250 g/mol. The summed E-state index contributed by atoms with van der Waals surface area (Å²) in [4.78, 5) is 47.0. The minimum absolute atomic E-state index is 0.0155. The van der Waals surface area contributed by atoms with Crippen LogP contribution in [0.5, 0.6) is 5.75 Å². The number of nitrogens with one attached hydrogen (secondary N) is 1. The summed E-state index contributed by atoms with van der Waals surface area (Å²) in [5.41, 5.74) is 7.86. The molecule has 484 valence electrons. The number of aliphatic imine (C=N–C) groups is 1. The van der Waals surface area contributed by atoms with Gasteiger partial charge < -0.3 is 82.6 Å². The number of amidine groups is 1. The lowest BCUT2D eigenvalue weighted by molar-refractivity contribution is -0.136. The summed E-state index contributed by atoms with van der Waals surface area (Å²) in [5.74, 6) is -2.10. The van der Waals surface area contributed by atoms with E-state index in [0.29, 0.717) is 177 Å². The van der Waals surface area contributed by atoms with E-state index in [9.17, 15) is 37.1 Å². The van der Waals surface area contributed by atoms with Crippen molar-refractivity contribution in [3.05, 3.63) is 50.7 Å². The third-order valence-electron chi connectivity index (χ3n) is 13.3. The Morgan fingerprint density at radius 1 is 0.698 bits per heavy atom. The highest BCUT2D eigenvalue weighted by atomic mass is 32.1. The second-order valence-electron chi connectivity index (χ2n) is 19.9. The summed E-state index contributed by atoms with van der Waals surface area (Å²) < 4.78 is 124. The lowest BCUT2D eigenvalue weighted by Crippen LogP contribution is -2.40. The van der Waals surface area contributed by atoms with Gasteiger partial charge in [0.2, 0.25) is 23.3 Å². The van der Waals surface area contributed by atoms with E-state index < -0.39 is 47.6 Å². The normalized spacial score (nSPS) is 14.9. The second kappa shape index (κ2) is 43.7. The van der Waals surface area contributed by atoms with Crippen LogP contribution in [0.15, 0.2) is 22.7 Å². The van der Waals surface area contributed by atoms with Gasteiger partial charge in [0.25, 0.3) is 0 Å². The summed E-state index contributed by atoms with van der Waals surface area (Å²) in [5, 5.41) is 14.3. The quantitative estimate of drug-likeness (QED) is 0.0132. The van der Waals surface area contributed by atoms with Gasteiger partial charge in [0.15, 0.2) is 11.6 Å². The molecule has 1 aromatic carbocycles. The Morgan fingerprint density at radius 3 is 1.64 bits per heavy atom. The minimum Gasteiger partial charge on any atom is -0.446 e. The van der Waals surface area contributed by atoms with Crippen LogP contribution in [0.1, 0.15) is 80.9 Å². The third-order valence-corrected chi connectivity index (χ3v) is 14.3. The number of benzene rings is 1. The zero-order valence-electron chi connectivity index (χ0n) is 49.4. The number of carbonyl (C=O) groups excluding carboxylic acids is 3. The van der Waals surface area contributed by atoms with Crippen molar-refractivity contribution in [3.8, 4) is 17.6 Å². The number of carbonyl (C=O) groups is 3. The number of amides is 2. The van der Waals surface area contributed by atoms with E-state index in [2.05, 4.69) is 33.8 Å². The number of piperidine rings is 1. The Morgan fingerprint density at radius 2 is 1.17 bits per heavy atom. The Balaban J connectivity index is 0.732. The first kappa shape index (κ1) is 71.8. The Kier molecular flexibility index (Phi) is 36.5. The molecule has 1 saturated heterocycles. The molecular formula is C59H87F4N5O17S. The van der Waals surface area contributed by atoms with Crippen LogP contribution < -0.4 is 15.8 Å². The highest BCUT2D eigenvalue weighted by Gasteiger charge is 2.26. The van der Waals surface area contributed by atoms with E-state index in [4.69, 9.17) is 62.6 Å². The van der Waals surface area contributed by atoms with Crippen molar-refractivity contribution in [1.29, 1.82) is 0 Å². The number of hydrogen-bond donors (Lipinski definition) is 3. The van der Waals surface area contributed by atoms with Gasteiger partial charge >= 0.3 is 12.1 Å². The molecule has 1 aliphatic carbocycles. The van der Waals surface area contributed by atoms with Crippen LogP contribution in [0.3, 0.4) is 0 Å². The van der Waals surface area contributed by atoms with Crippen molar-refractivity contribution >= 4 is 46.9 Å². The van der Waals surface area contributed by atoms with Gasteiger partial charge in [-0.15, -0.1) is 11.3 Å². The number of likely N-dealkylation sites (tertiary alicyclic amines) is 1. The van der Waals surface area contributed by atoms with Gasteiger partial charge in [-0.2, -0.15) is 8.78 Å². The molecule has 1 unspecified atom stereocenters. The predicted octanol–water partition coefficient (Wildman–Crippen LogP) is 5.94. The molecule has 5 rings (SSSR count). The Hall–Kier alpha value is -4.90. The van der Waals surface area contributed by atoms with Crippen LogP contribution in [0.25, 0.3) is 6.08 Å². The molecular weight excluding hydrogens is 1160 g/mol. The molecule has 27 heteroatoms. The van der Waals surface area contributed by atoms with Crippen LogP contribution in [-0.2, 0) is 66.4 Å². The number of ether oxygens (including phenoxy) is 13. The molecule has 2 amide bonds. The molecule has 86 heavy (non-hydrogen) atoms. The number of alkyl carbamates (subject to hydrolysis) is 1. The van der Waals surface area contributed by atoms with Crippen LogP contribution in [0.2, 0.25) is 0 Å². The van der Waals surface area contributed by atoms with Crippen molar-refractivity contribution in [2.24, 2.45) is 16.6 Å². The molecule has 3 heterocycles. The van der Waals surface area contributed by atoms with Crippen molar-refractivity contribution in [1.82, 2.24) is 15.1 Å². The molecule has 2 aromatic rings. The van der Waals surface area contributed by atoms with Gasteiger partial charge in [-0.3, -0.25) is 14.5 Å². The van der Waals surface area contributed by atoms with Gasteiger partial charge in [0.1, 0.15) is 18.2 Å². The predicted molar refractivity (Wildman–Crippen MR) is 309 cm³/mol. The highest BCUT2D eigenvalue weighted by Crippen LogP contribution is 2.35. The summed E-state index contributed by atoms with van der Waals surface area (Å²) >= 11 is 1.53. The number of rotatable bonds is 46. The first-order valence-electron chi connectivity index (χ1n) is 29.6. The number of aliphatic hydroxyl groups is 1. The smallest absolute Gasteiger partial charge is 0.407 e. The van der Waals surface area contributed by atoms with Crippen molar-refractivity contribution in [3.63, 3.8) is 0 Å². The Labute approximate surface area is 505 Å². The topological polar surface area (TPSA) is 248 Å². The van der Waals surface area contributed by atoms with Crippen LogP contribution >= 0.6 is 11.3 Å². The number of hydrogen-bond acceptors (Lipinski definition) is 21. The molecule has 2 fully saturated rings. The lowest BCUT2D eigenvalue weighted by atomic mass is 9.96. The maximum atomic E-state index is 13.6. The Bertz CT molecular complexity index is 2380. The number of fused-ring (bicyclic) bond motifs is 1. The zero-order chi connectivity index (χ0) is 61.4. The van der Waals surface area contributed by atoms with Crippen molar-refractivity contribution < 1.29 is 98.6 Å². The average Bonchev–Trinajstić information content (AvgIpc) is 2.30. The first-order chi connectivity index (χ1) is 41.9. The fraction of sp³-hybridized carbons (Fsp3) is 0.695. The van der Waals surface area contributed by atoms with Gasteiger partial charge in [-0.1, -0.05) is 18.8 Å². The van der Waals surface area contributed by atoms with E-state index >= 15 is 0 Å². The summed E-state index contributed by atoms with van der Waals surface area (Å²) in [6.45, 7) is 12.7. The largest absolute Gasteiger partial charge is 0.446 e. The third kappa shape index (κ3) is 29.4. The van der Waals surface area contributed by atoms with Crippen molar-refractivity contribution in [2.75, 3.05) is 178 Å². The number of halogens is 4. The van der Waals surface area contributed by atoms with E-state index in [1.165, 1.54) is 11.3 Å².